The Balaban J connectivity index is 1.58. The van der Waals surface area contributed by atoms with Gasteiger partial charge in [-0.3, -0.25) is 0 Å². The van der Waals surface area contributed by atoms with Crippen molar-refractivity contribution in [2.75, 3.05) is 6.61 Å². The van der Waals surface area contributed by atoms with Crippen molar-refractivity contribution in [3.05, 3.63) is 66.1 Å². The fourth-order valence-corrected chi connectivity index (χ4v) is 2.21. The number of hydrogen-bond acceptors (Lipinski definition) is 5. The Morgan fingerprint density at radius 1 is 1.00 bits per heavy atom. The van der Waals surface area contributed by atoms with E-state index in [0.29, 0.717) is 11.6 Å². The van der Waals surface area contributed by atoms with Gasteiger partial charge in [-0.1, -0.05) is 36.4 Å². The zero-order chi connectivity index (χ0) is 16.1. The third-order valence-corrected chi connectivity index (χ3v) is 3.30. The van der Waals surface area contributed by atoms with Crippen molar-refractivity contribution in [2.45, 2.75) is 13.5 Å². The highest BCUT2D eigenvalue weighted by molar-refractivity contribution is 5.80. The number of fused-ring (bicyclic) bond motifs is 1. The molecule has 3 rings (SSSR count). The second-order valence-electron chi connectivity index (χ2n) is 5.00. The van der Waals surface area contributed by atoms with Crippen LogP contribution < -0.4 is 4.74 Å². The lowest BCUT2D eigenvalue weighted by atomic mass is 10.2. The highest BCUT2D eigenvalue weighted by Gasteiger charge is 2.08. The first-order valence-corrected chi connectivity index (χ1v) is 7.28. The summed E-state index contributed by atoms with van der Waals surface area (Å²) in [5.41, 5.74) is 1.70. The summed E-state index contributed by atoms with van der Waals surface area (Å²) in [5, 5.41) is 0.995. The molecule has 0 saturated heterocycles. The van der Waals surface area contributed by atoms with Gasteiger partial charge < -0.3 is 9.47 Å². The van der Waals surface area contributed by atoms with Crippen molar-refractivity contribution in [1.82, 2.24) is 9.97 Å². The number of rotatable bonds is 5. The molecule has 23 heavy (non-hydrogen) atoms. The summed E-state index contributed by atoms with van der Waals surface area (Å²) in [7, 11) is 0. The average molecular weight is 308 g/mol. The molecule has 116 valence electrons. The minimum absolute atomic E-state index is 0.0304. The molecular formula is C18H16N2O3. The minimum atomic E-state index is -0.455. The van der Waals surface area contributed by atoms with E-state index in [1.165, 1.54) is 0 Å². The fraction of sp³-hybridized carbons (Fsp3) is 0.167. The molecule has 3 aromatic rings. The molecule has 1 heterocycles. The molecule has 0 saturated carbocycles. The van der Waals surface area contributed by atoms with E-state index in [9.17, 15) is 4.79 Å². The molecule has 0 bridgehead atoms. The number of ether oxygens (including phenoxy) is 2. The van der Waals surface area contributed by atoms with Crippen LogP contribution in [0.15, 0.2) is 54.6 Å². The van der Waals surface area contributed by atoms with Crippen LogP contribution in [0.25, 0.3) is 10.9 Å². The van der Waals surface area contributed by atoms with Gasteiger partial charge in [0, 0.05) is 11.1 Å². The van der Waals surface area contributed by atoms with Crippen LogP contribution >= 0.6 is 0 Å². The maximum absolute atomic E-state index is 11.7. The Labute approximate surface area is 133 Å². The molecular weight excluding hydrogens is 292 g/mol. The smallest absolute Gasteiger partial charge is 0.344 e. The van der Waals surface area contributed by atoms with Gasteiger partial charge in [0.1, 0.15) is 5.75 Å². The maximum atomic E-state index is 11.7. The molecule has 0 fully saturated rings. The Morgan fingerprint density at radius 3 is 2.57 bits per heavy atom. The normalized spacial score (nSPS) is 10.5. The quantitative estimate of drug-likeness (QED) is 0.678. The summed E-state index contributed by atoms with van der Waals surface area (Å²) in [5.74, 6) is 0.653. The first-order chi connectivity index (χ1) is 11.2. The second kappa shape index (κ2) is 6.87. The van der Waals surface area contributed by atoms with E-state index in [1.807, 2.05) is 49.4 Å². The molecule has 5 nitrogen and oxygen atoms in total. The van der Waals surface area contributed by atoms with E-state index in [-0.39, 0.29) is 13.2 Å². The number of esters is 1. The van der Waals surface area contributed by atoms with Gasteiger partial charge in [-0.15, -0.1) is 0 Å². The topological polar surface area (TPSA) is 61.3 Å². The van der Waals surface area contributed by atoms with E-state index in [1.54, 1.807) is 12.1 Å². The predicted octanol–water partition coefficient (Wildman–Crippen LogP) is 3.06. The fourth-order valence-electron chi connectivity index (χ4n) is 2.21. The minimum Gasteiger partial charge on any atom is -0.482 e. The van der Waals surface area contributed by atoms with Crippen molar-refractivity contribution < 1.29 is 14.3 Å². The molecule has 0 unspecified atom stereocenters. The van der Waals surface area contributed by atoms with E-state index in [0.717, 1.165) is 16.6 Å². The zero-order valence-electron chi connectivity index (χ0n) is 12.7. The summed E-state index contributed by atoms with van der Waals surface area (Å²) in [6, 6.07) is 16.9. The summed E-state index contributed by atoms with van der Waals surface area (Å²) >= 11 is 0. The molecule has 0 radical (unpaired) electrons. The highest BCUT2D eigenvalue weighted by Crippen LogP contribution is 2.15. The number of aromatic nitrogens is 2. The van der Waals surface area contributed by atoms with Crippen LogP contribution in [0.3, 0.4) is 0 Å². The average Bonchev–Trinajstić information content (AvgIpc) is 2.59. The predicted molar refractivity (Wildman–Crippen MR) is 86.0 cm³/mol. The van der Waals surface area contributed by atoms with Crippen molar-refractivity contribution >= 4 is 16.9 Å². The Morgan fingerprint density at radius 2 is 1.74 bits per heavy atom. The van der Waals surface area contributed by atoms with E-state index >= 15 is 0 Å². The molecule has 5 heteroatoms. The van der Waals surface area contributed by atoms with Crippen molar-refractivity contribution in [3.8, 4) is 5.75 Å². The van der Waals surface area contributed by atoms with Gasteiger partial charge >= 0.3 is 5.97 Å². The third kappa shape index (κ3) is 3.83. The van der Waals surface area contributed by atoms with Gasteiger partial charge in [-0.05, 0) is 25.1 Å². The van der Waals surface area contributed by atoms with Crippen LogP contribution in [-0.4, -0.2) is 22.5 Å². The number of carbonyl (C=O) groups excluding carboxylic acids is 1. The Kier molecular flexibility index (Phi) is 4.47. The van der Waals surface area contributed by atoms with Gasteiger partial charge in [0.05, 0.1) is 5.52 Å². The van der Waals surface area contributed by atoms with Gasteiger partial charge in [0.15, 0.2) is 19.0 Å². The first kappa shape index (κ1) is 15.0. The Bertz CT molecular complexity index is 819. The van der Waals surface area contributed by atoms with Crippen LogP contribution in [0, 0.1) is 6.92 Å². The van der Waals surface area contributed by atoms with Crippen LogP contribution in [-0.2, 0) is 16.1 Å². The SMILES string of the molecule is Cc1nc(COC(=O)COc2ccccc2)nc2ccccc12. The number of benzene rings is 2. The summed E-state index contributed by atoms with van der Waals surface area (Å²) in [6.07, 6.45) is 0. The van der Waals surface area contributed by atoms with Gasteiger partial charge in [0.25, 0.3) is 0 Å². The summed E-state index contributed by atoms with van der Waals surface area (Å²) in [4.78, 5) is 20.5. The highest BCUT2D eigenvalue weighted by atomic mass is 16.6. The van der Waals surface area contributed by atoms with Crippen molar-refractivity contribution in [2.24, 2.45) is 0 Å². The third-order valence-electron chi connectivity index (χ3n) is 3.30. The lowest BCUT2D eigenvalue weighted by Gasteiger charge is -2.08. The zero-order valence-corrected chi connectivity index (χ0v) is 12.7. The molecule has 0 N–H and O–H groups in total. The molecule has 0 atom stereocenters. The second-order valence-corrected chi connectivity index (χ2v) is 5.00. The molecule has 0 aliphatic heterocycles. The largest absolute Gasteiger partial charge is 0.482 e. The number of carbonyl (C=O) groups is 1. The van der Waals surface area contributed by atoms with Crippen LogP contribution in [0.5, 0.6) is 5.75 Å². The van der Waals surface area contributed by atoms with E-state index in [2.05, 4.69) is 9.97 Å². The molecule has 1 aromatic heterocycles. The first-order valence-electron chi connectivity index (χ1n) is 7.28. The Hall–Kier alpha value is -2.95. The van der Waals surface area contributed by atoms with Crippen molar-refractivity contribution in [1.29, 1.82) is 0 Å². The number of para-hydroxylation sites is 2. The van der Waals surface area contributed by atoms with Gasteiger partial charge in [0.2, 0.25) is 0 Å². The molecule has 2 aromatic carbocycles. The monoisotopic (exact) mass is 308 g/mol. The van der Waals surface area contributed by atoms with Crippen LogP contribution in [0.2, 0.25) is 0 Å². The van der Waals surface area contributed by atoms with Gasteiger partial charge in [-0.25, -0.2) is 14.8 Å². The summed E-state index contributed by atoms with van der Waals surface area (Å²) < 4.78 is 10.5. The van der Waals surface area contributed by atoms with Crippen LogP contribution in [0.4, 0.5) is 0 Å². The number of hydrogen-bond donors (Lipinski definition) is 0. The number of aryl methyl sites for hydroxylation is 1. The maximum Gasteiger partial charge on any atom is 0.344 e. The molecule has 0 aliphatic carbocycles. The van der Waals surface area contributed by atoms with Crippen molar-refractivity contribution in [3.63, 3.8) is 0 Å². The van der Waals surface area contributed by atoms with E-state index in [4.69, 9.17) is 9.47 Å². The summed E-state index contributed by atoms with van der Waals surface area (Å²) in [6.45, 7) is 1.80. The van der Waals surface area contributed by atoms with Gasteiger partial charge in [-0.2, -0.15) is 0 Å². The molecule has 0 aliphatic rings. The van der Waals surface area contributed by atoms with E-state index < -0.39 is 5.97 Å². The molecule has 0 spiro atoms. The standard InChI is InChI=1S/C18H16N2O3/c1-13-15-9-5-6-10-16(15)20-17(19-13)11-23-18(21)12-22-14-7-3-2-4-8-14/h2-10H,11-12H2,1H3. The lowest BCUT2D eigenvalue weighted by molar-refractivity contribution is -0.147. The van der Waals surface area contributed by atoms with Crippen LogP contribution in [0.1, 0.15) is 11.5 Å². The number of nitrogens with zero attached hydrogens (tertiary/aromatic N) is 2. The molecule has 0 amide bonds. The lowest BCUT2D eigenvalue weighted by Crippen LogP contribution is -2.15.